The molecule has 4 aromatic rings. The van der Waals surface area contributed by atoms with E-state index in [-0.39, 0.29) is 36.9 Å². The molecule has 0 fully saturated rings. The molecule has 0 bridgehead atoms. The summed E-state index contributed by atoms with van der Waals surface area (Å²) < 4.78 is 12.7. The maximum absolute atomic E-state index is 13.0. The molecule has 1 aromatic heterocycles. The number of carbonyl (C=O) groups excluding carboxylic acids is 2. The van der Waals surface area contributed by atoms with E-state index in [0.717, 1.165) is 16.8 Å². The van der Waals surface area contributed by atoms with Crippen molar-refractivity contribution < 1.29 is 29.3 Å². The molecule has 13 heteroatoms. The molecule has 12 nitrogen and oxygen atoms in total. The first-order valence-electron chi connectivity index (χ1n) is 12.9. The minimum absolute atomic E-state index is 0.100. The third-order valence-electron chi connectivity index (χ3n) is 6.53. The lowest BCUT2D eigenvalue weighted by Crippen LogP contribution is -2.38. The SMILES string of the molecule is COc1ccc2c(c1)C(c1ccc(Cl)cc1)=NC(CC(=O)NCC(=O)NCOc1ccc(O)c(O)c1)c1nnc(C)n1-2. The Labute approximate surface area is 245 Å². The third kappa shape index (κ3) is 6.13. The van der Waals surface area contributed by atoms with Gasteiger partial charge in [0, 0.05) is 22.2 Å². The van der Waals surface area contributed by atoms with Crippen LogP contribution in [0.5, 0.6) is 23.0 Å². The molecule has 0 spiro atoms. The second-order valence-electron chi connectivity index (χ2n) is 9.34. The third-order valence-corrected chi connectivity index (χ3v) is 6.78. The molecule has 42 heavy (non-hydrogen) atoms. The zero-order valence-corrected chi connectivity index (χ0v) is 23.4. The number of halogens is 1. The number of amides is 2. The van der Waals surface area contributed by atoms with Crippen molar-refractivity contribution >= 4 is 29.1 Å². The fourth-order valence-corrected chi connectivity index (χ4v) is 4.58. The summed E-state index contributed by atoms with van der Waals surface area (Å²) in [7, 11) is 1.58. The van der Waals surface area contributed by atoms with Gasteiger partial charge in [-0.2, -0.15) is 0 Å². The Morgan fingerprint density at radius 3 is 2.45 bits per heavy atom. The number of aromatic hydroxyl groups is 2. The van der Waals surface area contributed by atoms with Crippen LogP contribution in [0.4, 0.5) is 0 Å². The van der Waals surface area contributed by atoms with Gasteiger partial charge in [-0.05, 0) is 49.4 Å². The Morgan fingerprint density at radius 1 is 0.952 bits per heavy atom. The van der Waals surface area contributed by atoms with E-state index in [1.54, 1.807) is 19.2 Å². The molecule has 5 rings (SSSR count). The lowest BCUT2D eigenvalue weighted by Gasteiger charge is -2.14. The Morgan fingerprint density at radius 2 is 1.71 bits per heavy atom. The van der Waals surface area contributed by atoms with Crippen LogP contribution < -0.4 is 20.1 Å². The van der Waals surface area contributed by atoms with E-state index in [4.69, 9.17) is 26.1 Å². The normalized spacial score (nSPS) is 13.7. The zero-order valence-electron chi connectivity index (χ0n) is 22.7. The molecule has 0 radical (unpaired) electrons. The Bertz CT molecular complexity index is 1670. The number of phenols is 2. The van der Waals surface area contributed by atoms with Gasteiger partial charge in [-0.15, -0.1) is 10.2 Å². The first-order valence-corrected chi connectivity index (χ1v) is 13.2. The molecule has 0 saturated carbocycles. The van der Waals surface area contributed by atoms with Crippen LogP contribution in [0.25, 0.3) is 5.69 Å². The lowest BCUT2D eigenvalue weighted by molar-refractivity contribution is -0.126. The number of benzene rings is 3. The number of aryl methyl sites for hydroxylation is 1. The van der Waals surface area contributed by atoms with E-state index in [1.807, 2.05) is 41.8 Å². The van der Waals surface area contributed by atoms with Gasteiger partial charge in [0.05, 0.1) is 31.5 Å². The summed E-state index contributed by atoms with van der Waals surface area (Å²) in [5, 5.41) is 33.2. The van der Waals surface area contributed by atoms with Gasteiger partial charge < -0.3 is 30.3 Å². The number of methoxy groups -OCH3 is 1. The average molecular weight is 591 g/mol. The monoisotopic (exact) mass is 590 g/mol. The highest BCUT2D eigenvalue weighted by Gasteiger charge is 2.30. The molecular weight excluding hydrogens is 564 g/mol. The van der Waals surface area contributed by atoms with E-state index in [1.165, 1.54) is 18.2 Å². The molecule has 2 heterocycles. The van der Waals surface area contributed by atoms with Crippen molar-refractivity contribution in [3.63, 3.8) is 0 Å². The van der Waals surface area contributed by atoms with Gasteiger partial charge in [0.1, 0.15) is 23.4 Å². The molecule has 1 aliphatic rings. The number of nitrogens with zero attached hydrogens (tertiary/aromatic N) is 4. The molecular formula is C29H27ClN6O6. The number of rotatable bonds is 9. The summed E-state index contributed by atoms with van der Waals surface area (Å²) >= 11 is 6.14. The van der Waals surface area contributed by atoms with E-state index >= 15 is 0 Å². The fraction of sp³-hybridized carbons (Fsp3) is 0.207. The van der Waals surface area contributed by atoms with Crippen LogP contribution in [-0.4, -0.2) is 62.9 Å². The number of aliphatic imine (C=N–C) groups is 1. The van der Waals surface area contributed by atoms with Crippen molar-refractivity contribution in [3.8, 4) is 28.7 Å². The highest BCUT2D eigenvalue weighted by molar-refractivity contribution is 6.30. The number of fused-ring (bicyclic) bond motifs is 3. The predicted molar refractivity (Wildman–Crippen MR) is 154 cm³/mol. The fourth-order valence-electron chi connectivity index (χ4n) is 4.46. The minimum atomic E-state index is -0.719. The Balaban J connectivity index is 1.33. The summed E-state index contributed by atoms with van der Waals surface area (Å²) in [4.78, 5) is 30.3. The summed E-state index contributed by atoms with van der Waals surface area (Å²) in [5.74, 6) is 0.435. The highest BCUT2D eigenvalue weighted by atomic mass is 35.5. The summed E-state index contributed by atoms with van der Waals surface area (Å²) in [6.45, 7) is 1.31. The van der Waals surface area contributed by atoms with Crippen LogP contribution in [0, 0.1) is 6.92 Å². The number of nitrogens with one attached hydrogen (secondary N) is 2. The highest BCUT2D eigenvalue weighted by Crippen LogP contribution is 2.34. The summed E-state index contributed by atoms with van der Waals surface area (Å²) in [5.41, 5.74) is 2.96. The number of carbonyl (C=O) groups is 2. The van der Waals surface area contributed by atoms with Crippen molar-refractivity contribution in [2.75, 3.05) is 20.4 Å². The van der Waals surface area contributed by atoms with Gasteiger partial charge in [0.15, 0.2) is 24.1 Å². The summed E-state index contributed by atoms with van der Waals surface area (Å²) in [6.07, 6.45) is -0.100. The van der Waals surface area contributed by atoms with Gasteiger partial charge in [0.25, 0.3) is 0 Å². The molecule has 0 saturated heterocycles. The van der Waals surface area contributed by atoms with Crippen LogP contribution >= 0.6 is 11.6 Å². The number of hydrogen-bond acceptors (Lipinski definition) is 9. The van der Waals surface area contributed by atoms with E-state index in [9.17, 15) is 19.8 Å². The van der Waals surface area contributed by atoms with E-state index in [0.29, 0.717) is 28.1 Å². The zero-order chi connectivity index (χ0) is 29.8. The van der Waals surface area contributed by atoms with Gasteiger partial charge in [-0.1, -0.05) is 23.7 Å². The van der Waals surface area contributed by atoms with Crippen molar-refractivity contribution in [1.29, 1.82) is 0 Å². The quantitative estimate of drug-likeness (QED) is 0.171. The molecule has 1 unspecified atom stereocenters. The van der Waals surface area contributed by atoms with Crippen molar-refractivity contribution in [2.45, 2.75) is 19.4 Å². The summed E-state index contributed by atoms with van der Waals surface area (Å²) in [6, 6.07) is 16.0. The van der Waals surface area contributed by atoms with Crippen molar-refractivity contribution in [2.24, 2.45) is 4.99 Å². The second-order valence-corrected chi connectivity index (χ2v) is 9.78. The van der Waals surface area contributed by atoms with Gasteiger partial charge in [-0.25, -0.2) is 0 Å². The van der Waals surface area contributed by atoms with Gasteiger partial charge in [0.2, 0.25) is 11.8 Å². The lowest BCUT2D eigenvalue weighted by atomic mass is 10.00. The van der Waals surface area contributed by atoms with Crippen LogP contribution in [-0.2, 0) is 9.59 Å². The number of ether oxygens (including phenoxy) is 2. The number of hydrogen-bond donors (Lipinski definition) is 4. The van der Waals surface area contributed by atoms with Gasteiger partial charge >= 0.3 is 0 Å². The van der Waals surface area contributed by atoms with E-state index < -0.39 is 17.9 Å². The van der Waals surface area contributed by atoms with Crippen molar-refractivity contribution in [1.82, 2.24) is 25.4 Å². The second kappa shape index (κ2) is 12.2. The predicted octanol–water partition coefficient (Wildman–Crippen LogP) is 3.20. The molecule has 1 atom stereocenters. The topological polar surface area (TPSA) is 160 Å². The molecule has 216 valence electrons. The standard InChI is InChI=1S/C29H27ClN6O6/c1-16-34-35-29-22(13-26(39)31-14-27(40)32-15-42-20-8-10-24(37)25(38)12-20)33-28(17-3-5-18(30)6-4-17)21-11-19(41-2)7-9-23(21)36(16)29/h3-12,22,37-38H,13-15H2,1-2H3,(H,31,39)(H,32,40). The maximum atomic E-state index is 13.0. The molecule has 2 amide bonds. The van der Waals surface area contributed by atoms with Gasteiger partial charge in [-0.3, -0.25) is 19.1 Å². The molecule has 0 aliphatic carbocycles. The average Bonchev–Trinajstić information content (AvgIpc) is 3.30. The van der Waals surface area contributed by atoms with E-state index in [2.05, 4.69) is 20.8 Å². The maximum Gasteiger partial charge on any atom is 0.241 e. The molecule has 3 aromatic carbocycles. The number of aromatic nitrogens is 3. The molecule has 4 N–H and O–H groups in total. The smallest absolute Gasteiger partial charge is 0.241 e. The van der Waals surface area contributed by atoms with Crippen molar-refractivity contribution in [3.05, 3.63) is 88.5 Å². The van der Waals surface area contributed by atoms with Crippen LogP contribution in [0.3, 0.4) is 0 Å². The van der Waals surface area contributed by atoms with Crippen LogP contribution in [0.1, 0.15) is 35.2 Å². The Hall–Kier alpha value is -5.10. The Kier molecular flexibility index (Phi) is 8.25. The number of phenolic OH excluding ortho intramolecular Hbond substituents is 2. The van der Waals surface area contributed by atoms with Crippen LogP contribution in [0.15, 0.2) is 65.7 Å². The molecule has 1 aliphatic heterocycles. The largest absolute Gasteiger partial charge is 0.504 e. The minimum Gasteiger partial charge on any atom is -0.504 e. The first kappa shape index (κ1) is 28.4. The first-order chi connectivity index (χ1) is 20.2. The van der Waals surface area contributed by atoms with Crippen LogP contribution in [0.2, 0.25) is 5.02 Å².